The Hall–Kier alpha value is 0.823. The van der Waals surface area contributed by atoms with Crippen LogP contribution in [0.3, 0.4) is 0 Å². The van der Waals surface area contributed by atoms with Gasteiger partial charge in [-0.1, -0.05) is 0 Å². The van der Waals surface area contributed by atoms with Crippen molar-refractivity contribution in [2.75, 3.05) is 0 Å². The molecule has 0 saturated carbocycles. The van der Waals surface area contributed by atoms with E-state index in [1.807, 2.05) is 0 Å². The molecule has 0 atom stereocenters. The molecule has 6 heavy (non-hydrogen) atoms. The van der Waals surface area contributed by atoms with Crippen molar-refractivity contribution in [2.45, 2.75) is 0 Å². The smallest absolute Gasteiger partial charge is 0.273 e. The van der Waals surface area contributed by atoms with Crippen molar-refractivity contribution in [3.63, 3.8) is 0 Å². The van der Waals surface area contributed by atoms with Crippen LogP contribution in [-0.4, -0.2) is 13.0 Å². The Morgan fingerprint density at radius 2 is 1.50 bits per heavy atom. The number of halogens is 1. The number of hydrogen-bond acceptors (Lipinski definition) is 2. The maximum Gasteiger partial charge on any atom is 0.353 e. The first-order valence-corrected chi connectivity index (χ1v) is 2.94. The molecule has 0 radical (unpaired) electrons. The van der Waals surface area contributed by atoms with Crippen LogP contribution in [0.1, 0.15) is 0 Å². The number of rotatable bonds is 0. The summed E-state index contributed by atoms with van der Waals surface area (Å²) in [5.74, 6) is 0. The van der Waals surface area contributed by atoms with Crippen LogP contribution in [0.5, 0.6) is 0 Å². The van der Waals surface area contributed by atoms with E-state index in [9.17, 15) is 0 Å². The van der Waals surface area contributed by atoms with Gasteiger partial charge in [0.25, 0.3) is 0 Å². The van der Waals surface area contributed by atoms with E-state index in [-0.39, 0.29) is 19.5 Å². The topological polar surface area (TPSA) is 54.4 Å². The summed E-state index contributed by atoms with van der Waals surface area (Å²) in [5.41, 5.74) is 0. The van der Waals surface area contributed by atoms with E-state index in [2.05, 4.69) is 10.7 Å². The quantitative estimate of drug-likeness (QED) is 0.326. The van der Waals surface area contributed by atoms with Crippen LogP contribution in [0.4, 0.5) is 0 Å². The van der Waals surface area contributed by atoms with Crippen LogP contribution < -0.4 is 0 Å². The third kappa shape index (κ3) is 104. The Balaban J connectivity index is 0. The summed E-state index contributed by atoms with van der Waals surface area (Å²) in [6.45, 7) is 0. The van der Waals surface area contributed by atoms with Crippen LogP contribution in [0.15, 0.2) is 0 Å². The van der Waals surface area contributed by atoms with E-state index in [4.69, 9.17) is 13.0 Å². The summed E-state index contributed by atoms with van der Waals surface area (Å²) in [6, 6.07) is 0. The molecule has 0 aromatic carbocycles. The van der Waals surface area contributed by atoms with Gasteiger partial charge in [0.1, 0.15) is 0 Å². The van der Waals surface area contributed by atoms with Gasteiger partial charge in [-0.15, -0.1) is 0 Å². The van der Waals surface area contributed by atoms with Crippen molar-refractivity contribution in [1.29, 1.82) is 0 Å². The molecule has 0 saturated heterocycles. The predicted molar refractivity (Wildman–Crippen MR) is 17.4 cm³/mol. The first-order valence-electron chi connectivity index (χ1n) is 0.670. The van der Waals surface area contributed by atoms with Crippen molar-refractivity contribution < 1.29 is 32.4 Å². The molecule has 0 fully saturated rings. The molecular weight excluding hydrogens is 181 g/mol. The fraction of sp³-hybridized carbons (Fsp3) is 0. The molecule has 6 heteroatoms. The Bertz CT molecular complexity index is 94.0. The van der Waals surface area contributed by atoms with E-state index >= 15 is 0 Å². The van der Waals surface area contributed by atoms with E-state index in [0.29, 0.717) is 0 Å². The predicted octanol–water partition coefficient (Wildman–Crippen LogP) is 0.0255. The van der Waals surface area contributed by atoms with E-state index in [0.717, 1.165) is 0 Å². The minimum atomic E-state index is -4.19. The molecule has 0 aliphatic heterocycles. The van der Waals surface area contributed by atoms with Crippen molar-refractivity contribution in [3.05, 3.63) is 0 Å². The van der Waals surface area contributed by atoms with Crippen LogP contribution in [0.2, 0.25) is 0 Å². The van der Waals surface area contributed by atoms with Crippen LogP contribution in [0.25, 0.3) is 0 Å². The molecule has 0 aromatic rings. The van der Waals surface area contributed by atoms with Gasteiger partial charge in [-0.3, -0.25) is 4.55 Å². The summed E-state index contributed by atoms with van der Waals surface area (Å²) >= 11 is 0. The molecular formula is HClO3SZn. The second-order valence-corrected chi connectivity index (χ2v) is 2.41. The fourth-order valence-electron chi connectivity index (χ4n) is 0. The normalized spacial score (nSPS) is 9.67. The van der Waals surface area contributed by atoms with E-state index < -0.39 is 9.33 Å². The monoisotopic (exact) mass is 180 g/mol. The van der Waals surface area contributed by atoms with Gasteiger partial charge in [-0.05, 0) is 0 Å². The molecule has 0 rings (SSSR count). The first kappa shape index (κ1) is 9.95. The molecule has 3 nitrogen and oxygen atoms in total. The van der Waals surface area contributed by atoms with Gasteiger partial charge < -0.3 is 0 Å². The van der Waals surface area contributed by atoms with Crippen LogP contribution in [0, 0.1) is 0 Å². The minimum Gasteiger partial charge on any atom is -0.273 e. The minimum absolute atomic E-state index is 0. The van der Waals surface area contributed by atoms with Gasteiger partial charge in [0.2, 0.25) is 0 Å². The summed E-state index contributed by atoms with van der Waals surface area (Å²) in [5, 5.41) is 0. The molecule has 0 heterocycles. The average Bonchev–Trinajstić information content (AvgIpc) is 0.722. The van der Waals surface area contributed by atoms with Gasteiger partial charge in [0.05, 0.1) is 0 Å². The maximum atomic E-state index is 8.95. The van der Waals surface area contributed by atoms with Crippen molar-refractivity contribution in [3.8, 4) is 0 Å². The summed E-state index contributed by atoms with van der Waals surface area (Å²) < 4.78 is 25.2. The van der Waals surface area contributed by atoms with Gasteiger partial charge in [-0.25, -0.2) is 0 Å². The molecule has 0 amide bonds. The molecule has 1 N–H and O–H groups in total. The molecule has 0 aliphatic rings. The van der Waals surface area contributed by atoms with Crippen LogP contribution >= 0.6 is 10.7 Å². The zero-order valence-electron chi connectivity index (χ0n) is 2.76. The molecule has 0 aliphatic carbocycles. The second-order valence-electron chi connectivity index (χ2n) is 0.412. The Labute approximate surface area is 52.7 Å². The van der Waals surface area contributed by atoms with E-state index in [1.165, 1.54) is 0 Å². The number of hydrogen-bond donors (Lipinski definition) is 1. The van der Waals surface area contributed by atoms with Crippen molar-refractivity contribution in [2.24, 2.45) is 0 Å². The summed E-state index contributed by atoms with van der Waals surface area (Å²) in [6.07, 6.45) is 0. The van der Waals surface area contributed by atoms with Crippen LogP contribution in [-0.2, 0) is 28.8 Å². The zero-order valence-corrected chi connectivity index (χ0v) is 7.30. The second kappa shape index (κ2) is 2.91. The van der Waals surface area contributed by atoms with Crippen molar-refractivity contribution >= 4 is 20.0 Å². The zero-order chi connectivity index (χ0) is 4.50. The van der Waals surface area contributed by atoms with Crippen molar-refractivity contribution in [1.82, 2.24) is 0 Å². The SMILES string of the molecule is O=S(=O)(O)Cl.[Zn]. The Morgan fingerprint density at radius 3 is 1.50 bits per heavy atom. The van der Waals surface area contributed by atoms with Gasteiger partial charge >= 0.3 is 9.33 Å². The molecule has 0 spiro atoms. The molecule has 0 aromatic heterocycles. The Morgan fingerprint density at radius 1 is 1.50 bits per heavy atom. The van der Waals surface area contributed by atoms with Gasteiger partial charge in [-0.2, -0.15) is 8.42 Å². The summed E-state index contributed by atoms with van der Waals surface area (Å²) in [7, 11) is -0.137. The van der Waals surface area contributed by atoms with Gasteiger partial charge in [0, 0.05) is 30.2 Å². The molecule has 0 bridgehead atoms. The third-order valence-corrected chi connectivity index (χ3v) is 0. The Kier molecular flexibility index (Phi) is 4.82. The standard InChI is InChI=1S/ClHO3S.Zn/c1-5(2,3)4;/h(H,2,3,4);. The largest absolute Gasteiger partial charge is 0.353 e. The van der Waals surface area contributed by atoms with Gasteiger partial charge in [0.15, 0.2) is 0 Å². The average molecular weight is 182 g/mol. The molecule has 0 unspecified atom stereocenters. The summed E-state index contributed by atoms with van der Waals surface area (Å²) in [4.78, 5) is 0. The third-order valence-electron chi connectivity index (χ3n) is 0. The van der Waals surface area contributed by atoms with E-state index in [1.54, 1.807) is 0 Å². The maximum absolute atomic E-state index is 8.95. The first-order chi connectivity index (χ1) is 2.00. The molecule has 34 valence electrons. The fourth-order valence-corrected chi connectivity index (χ4v) is 0.